The molecule has 3 heterocycles. The Labute approximate surface area is 180 Å². The van der Waals surface area contributed by atoms with Crippen LogP contribution < -0.4 is 4.90 Å². The Balaban J connectivity index is 1.47. The van der Waals surface area contributed by atoms with Gasteiger partial charge in [-0.2, -0.15) is 0 Å². The molecule has 1 aliphatic rings. The molecule has 2 aromatic carbocycles. The van der Waals surface area contributed by atoms with Gasteiger partial charge in [-0.3, -0.25) is 4.98 Å². The van der Waals surface area contributed by atoms with Gasteiger partial charge >= 0.3 is 0 Å². The van der Waals surface area contributed by atoms with E-state index >= 15 is 0 Å². The second-order valence-corrected chi connectivity index (χ2v) is 8.22. The van der Waals surface area contributed by atoms with Crippen LogP contribution in [0.3, 0.4) is 0 Å². The number of benzene rings is 2. The van der Waals surface area contributed by atoms with E-state index in [2.05, 4.69) is 38.7 Å². The molecule has 1 unspecified atom stereocenters. The molecule has 0 amide bonds. The Hall–Kier alpha value is -2.89. The lowest BCUT2D eigenvalue weighted by Crippen LogP contribution is -2.33. The number of hydrogen-bond acceptors (Lipinski definition) is 4. The minimum Gasteiger partial charge on any atom is -0.394 e. The first-order valence-electron chi connectivity index (χ1n) is 10.2. The van der Waals surface area contributed by atoms with Gasteiger partial charge in [0.25, 0.3) is 0 Å². The molecule has 0 aliphatic carbocycles. The van der Waals surface area contributed by atoms with Gasteiger partial charge in [0.1, 0.15) is 0 Å². The minimum atomic E-state index is 0.155. The summed E-state index contributed by atoms with van der Waals surface area (Å²) in [6.45, 7) is 1.10. The zero-order valence-electron chi connectivity index (χ0n) is 16.8. The van der Waals surface area contributed by atoms with Crippen molar-refractivity contribution in [2.24, 2.45) is 7.05 Å². The SMILES string of the molecule is Cn1c(N2CCCC2CO)nc2cc(-c3ccc(-c4ccc(Cl)cc4)cn3)ccc21. The van der Waals surface area contributed by atoms with Crippen LogP contribution in [0.5, 0.6) is 0 Å². The van der Waals surface area contributed by atoms with Crippen molar-refractivity contribution in [3.63, 3.8) is 0 Å². The number of aliphatic hydroxyl groups is 1. The predicted octanol–water partition coefficient (Wildman–Crippen LogP) is 4.92. The van der Waals surface area contributed by atoms with E-state index in [9.17, 15) is 5.11 Å². The highest BCUT2D eigenvalue weighted by molar-refractivity contribution is 6.30. The van der Waals surface area contributed by atoms with Gasteiger partial charge in [0.2, 0.25) is 5.95 Å². The zero-order valence-corrected chi connectivity index (χ0v) is 17.5. The second-order valence-electron chi connectivity index (χ2n) is 7.79. The number of aryl methyl sites for hydroxylation is 1. The summed E-state index contributed by atoms with van der Waals surface area (Å²) in [6, 6.07) is 18.3. The van der Waals surface area contributed by atoms with E-state index < -0.39 is 0 Å². The number of aromatic nitrogens is 3. The number of fused-ring (bicyclic) bond motifs is 1. The van der Waals surface area contributed by atoms with E-state index in [1.807, 2.05) is 43.6 Å². The van der Waals surface area contributed by atoms with Gasteiger partial charge < -0.3 is 14.6 Å². The summed E-state index contributed by atoms with van der Waals surface area (Å²) in [5.41, 5.74) is 6.12. The maximum Gasteiger partial charge on any atom is 0.206 e. The number of hydrogen-bond donors (Lipinski definition) is 1. The average molecular weight is 419 g/mol. The maximum atomic E-state index is 9.68. The van der Waals surface area contributed by atoms with Crippen molar-refractivity contribution in [1.82, 2.24) is 14.5 Å². The molecule has 4 aromatic rings. The standard InChI is InChI=1S/C24H23ClN4O/c1-28-23-11-7-17(13-22(23)27-24(28)29-12-2-3-20(29)15-30)21-10-6-18(14-26-21)16-4-8-19(25)9-5-16/h4-11,13-14,20,30H,2-3,12,15H2,1H3. The summed E-state index contributed by atoms with van der Waals surface area (Å²) < 4.78 is 2.12. The summed E-state index contributed by atoms with van der Waals surface area (Å²) in [5.74, 6) is 0.921. The monoisotopic (exact) mass is 418 g/mol. The Kier molecular flexibility index (Phi) is 4.93. The van der Waals surface area contributed by atoms with Crippen molar-refractivity contribution >= 4 is 28.6 Å². The van der Waals surface area contributed by atoms with Crippen molar-refractivity contribution in [2.75, 3.05) is 18.1 Å². The van der Waals surface area contributed by atoms with Gasteiger partial charge in [-0.05, 0) is 48.7 Å². The highest BCUT2D eigenvalue weighted by atomic mass is 35.5. The van der Waals surface area contributed by atoms with E-state index in [0.717, 1.165) is 63.8 Å². The van der Waals surface area contributed by atoms with E-state index in [-0.39, 0.29) is 12.6 Å². The Morgan fingerprint density at radius 2 is 1.80 bits per heavy atom. The average Bonchev–Trinajstić information content (AvgIpc) is 3.38. The van der Waals surface area contributed by atoms with E-state index in [0.29, 0.717) is 0 Å². The van der Waals surface area contributed by atoms with E-state index in [1.165, 1.54) is 0 Å². The molecule has 0 radical (unpaired) electrons. The van der Waals surface area contributed by atoms with Crippen LogP contribution in [0.2, 0.25) is 5.02 Å². The van der Waals surface area contributed by atoms with E-state index in [4.69, 9.17) is 16.6 Å². The largest absolute Gasteiger partial charge is 0.394 e. The number of imidazole rings is 1. The fourth-order valence-corrected chi connectivity index (χ4v) is 4.40. The minimum absolute atomic E-state index is 0.155. The molecular weight excluding hydrogens is 396 g/mol. The molecule has 1 saturated heterocycles. The molecule has 1 N–H and O–H groups in total. The number of anilines is 1. The van der Waals surface area contributed by atoms with Gasteiger partial charge in [-0.1, -0.05) is 35.9 Å². The molecule has 0 bridgehead atoms. The fraction of sp³-hybridized carbons (Fsp3) is 0.250. The summed E-state index contributed by atoms with van der Waals surface area (Å²) in [5, 5.41) is 10.4. The number of pyridine rings is 1. The van der Waals surface area contributed by atoms with Gasteiger partial charge in [0, 0.05) is 35.9 Å². The number of aliphatic hydroxyl groups excluding tert-OH is 1. The quantitative estimate of drug-likeness (QED) is 0.511. The summed E-state index contributed by atoms with van der Waals surface area (Å²) in [6.07, 6.45) is 3.99. The maximum absolute atomic E-state index is 9.68. The van der Waals surface area contributed by atoms with Gasteiger partial charge in [-0.25, -0.2) is 4.98 Å². The Morgan fingerprint density at radius 1 is 1.03 bits per heavy atom. The van der Waals surface area contributed by atoms with Crippen LogP contribution in [-0.2, 0) is 7.05 Å². The molecule has 5 nitrogen and oxygen atoms in total. The summed E-state index contributed by atoms with van der Waals surface area (Å²) in [4.78, 5) is 11.8. The van der Waals surface area contributed by atoms with Crippen molar-refractivity contribution in [3.05, 3.63) is 65.8 Å². The molecule has 0 spiro atoms. The molecule has 0 saturated carbocycles. The van der Waals surface area contributed by atoms with Gasteiger partial charge in [-0.15, -0.1) is 0 Å². The molecule has 2 aromatic heterocycles. The molecule has 30 heavy (non-hydrogen) atoms. The van der Waals surface area contributed by atoms with Crippen LogP contribution >= 0.6 is 11.6 Å². The topological polar surface area (TPSA) is 54.2 Å². The predicted molar refractivity (Wildman–Crippen MR) is 122 cm³/mol. The smallest absolute Gasteiger partial charge is 0.206 e. The number of halogens is 1. The lowest BCUT2D eigenvalue weighted by Gasteiger charge is -2.23. The lowest BCUT2D eigenvalue weighted by atomic mass is 10.1. The second kappa shape index (κ2) is 7.74. The molecule has 6 heteroatoms. The summed E-state index contributed by atoms with van der Waals surface area (Å²) >= 11 is 5.98. The molecule has 1 aliphatic heterocycles. The van der Waals surface area contributed by atoms with Crippen LogP contribution in [0.15, 0.2) is 60.8 Å². The molecule has 1 atom stereocenters. The Morgan fingerprint density at radius 3 is 2.53 bits per heavy atom. The third-order valence-electron chi connectivity index (χ3n) is 5.94. The normalized spacial score (nSPS) is 16.5. The zero-order chi connectivity index (χ0) is 20.7. The third kappa shape index (κ3) is 3.34. The first kappa shape index (κ1) is 19.1. The van der Waals surface area contributed by atoms with Crippen LogP contribution in [0.25, 0.3) is 33.4 Å². The molecular formula is C24H23ClN4O. The van der Waals surface area contributed by atoms with Crippen molar-refractivity contribution in [3.8, 4) is 22.4 Å². The number of nitrogens with zero attached hydrogens (tertiary/aromatic N) is 4. The molecule has 1 fully saturated rings. The van der Waals surface area contributed by atoms with Crippen molar-refractivity contribution < 1.29 is 5.11 Å². The van der Waals surface area contributed by atoms with Crippen molar-refractivity contribution in [2.45, 2.75) is 18.9 Å². The number of rotatable bonds is 4. The van der Waals surface area contributed by atoms with Crippen LogP contribution in [0.1, 0.15) is 12.8 Å². The van der Waals surface area contributed by atoms with E-state index in [1.54, 1.807) is 0 Å². The van der Waals surface area contributed by atoms with Gasteiger partial charge in [0.15, 0.2) is 0 Å². The molecule has 5 rings (SSSR count). The highest BCUT2D eigenvalue weighted by Gasteiger charge is 2.27. The van der Waals surface area contributed by atoms with Crippen LogP contribution in [-0.4, -0.2) is 38.8 Å². The molecule has 152 valence electrons. The van der Waals surface area contributed by atoms with Crippen LogP contribution in [0.4, 0.5) is 5.95 Å². The first-order valence-corrected chi connectivity index (χ1v) is 10.6. The van der Waals surface area contributed by atoms with Gasteiger partial charge in [0.05, 0.1) is 29.4 Å². The van der Waals surface area contributed by atoms with Crippen molar-refractivity contribution in [1.29, 1.82) is 0 Å². The fourth-order valence-electron chi connectivity index (χ4n) is 4.27. The third-order valence-corrected chi connectivity index (χ3v) is 6.19. The highest BCUT2D eigenvalue weighted by Crippen LogP contribution is 2.30. The first-order chi connectivity index (χ1) is 14.6. The van der Waals surface area contributed by atoms with Crippen LogP contribution in [0, 0.1) is 0 Å². The Bertz CT molecular complexity index is 1180. The lowest BCUT2D eigenvalue weighted by molar-refractivity contribution is 0.265. The summed E-state index contributed by atoms with van der Waals surface area (Å²) in [7, 11) is 2.04.